The van der Waals surface area contributed by atoms with Crippen molar-refractivity contribution in [3.63, 3.8) is 0 Å². The Balaban J connectivity index is 1.32. The zero-order chi connectivity index (χ0) is 22.4. The molecule has 4 aromatic rings. The van der Waals surface area contributed by atoms with E-state index in [9.17, 15) is 4.79 Å². The molecule has 4 nitrogen and oxygen atoms in total. The summed E-state index contributed by atoms with van der Waals surface area (Å²) >= 11 is 0. The standard InChI is InChI=1S/C29H27N3O/c1-21-7-6-16-30-26(21)20-31-17-14-29(15-18-31)25-10-4-5-11-27(25)32(28(29)33)24-13-12-22-8-2-3-9-23(22)19-24/h2-13,16,19H,14-15,17-18,20H2,1H3. The van der Waals surface area contributed by atoms with Crippen molar-refractivity contribution < 1.29 is 4.79 Å². The van der Waals surface area contributed by atoms with Crippen molar-refractivity contribution in [3.8, 4) is 0 Å². The first-order valence-corrected chi connectivity index (χ1v) is 11.7. The number of nitrogens with zero attached hydrogens (tertiary/aromatic N) is 3. The second-order valence-electron chi connectivity index (χ2n) is 9.31. The van der Waals surface area contributed by atoms with E-state index in [0.29, 0.717) is 0 Å². The van der Waals surface area contributed by atoms with E-state index in [-0.39, 0.29) is 5.91 Å². The number of anilines is 2. The smallest absolute Gasteiger partial charge is 0.242 e. The lowest BCUT2D eigenvalue weighted by atomic mass is 9.73. The molecule has 0 radical (unpaired) electrons. The van der Waals surface area contributed by atoms with E-state index in [1.54, 1.807) is 0 Å². The third kappa shape index (κ3) is 3.25. The van der Waals surface area contributed by atoms with Crippen LogP contribution in [-0.2, 0) is 16.8 Å². The van der Waals surface area contributed by atoms with E-state index in [1.165, 1.54) is 16.5 Å². The van der Waals surface area contributed by atoms with Gasteiger partial charge in [-0.2, -0.15) is 0 Å². The fourth-order valence-electron chi connectivity index (χ4n) is 5.56. The molecule has 0 aliphatic carbocycles. The highest BCUT2D eigenvalue weighted by atomic mass is 16.2. The number of benzene rings is 3. The van der Waals surface area contributed by atoms with Crippen LogP contribution in [0.4, 0.5) is 11.4 Å². The lowest BCUT2D eigenvalue weighted by Gasteiger charge is -2.38. The SMILES string of the molecule is Cc1cccnc1CN1CCC2(CC1)C(=O)N(c1ccc3ccccc3c1)c1ccccc12. The van der Waals surface area contributed by atoms with E-state index >= 15 is 0 Å². The predicted molar refractivity (Wildman–Crippen MR) is 133 cm³/mol. The topological polar surface area (TPSA) is 36.4 Å². The van der Waals surface area contributed by atoms with Crippen molar-refractivity contribution >= 4 is 28.1 Å². The number of carbonyl (C=O) groups is 1. The van der Waals surface area contributed by atoms with Crippen LogP contribution in [-0.4, -0.2) is 28.9 Å². The van der Waals surface area contributed by atoms with Gasteiger partial charge in [0, 0.05) is 18.4 Å². The number of rotatable bonds is 3. The average molecular weight is 434 g/mol. The summed E-state index contributed by atoms with van der Waals surface area (Å²) in [5.74, 6) is 0.215. The molecule has 0 unspecified atom stereocenters. The van der Waals surface area contributed by atoms with Crippen molar-refractivity contribution in [1.29, 1.82) is 0 Å². The first-order chi connectivity index (χ1) is 16.2. The third-order valence-corrected chi connectivity index (χ3v) is 7.47. The molecule has 2 aliphatic rings. The van der Waals surface area contributed by atoms with Crippen molar-refractivity contribution in [2.24, 2.45) is 0 Å². The number of amides is 1. The highest BCUT2D eigenvalue weighted by molar-refractivity contribution is 6.13. The minimum Gasteiger partial charge on any atom is -0.297 e. The number of aromatic nitrogens is 1. The maximum atomic E-state index is 14.1. The van der Waals surface area contributed by atoms with Gasteiger partial charge in [0.15, 0.2) is 0 Å². The van der Waals surface area contributed by atoms with Crippen LogP contribution in [0.1, 0.15) is 29.7 Å². The highest BCUT2D eigenvalue weighted by Crippen LogP contribution is 2.50. The Hall–Kier alpha value is -3.50. The van der Waals surface area contributed by atoms with Crippen LogP contribution in [0.3, 0.4) is 0 Å². The largest absolute Gasteiger partial charge is 0.297 e. The van der Waals surface area contributed by atoms with Crippen LogP contribution in [0.5, 0.6) is 0 Å². The Morgan fingerprint density at radius 1 is 0.879 bits per heavy atom. The van der Waals surface area contributed by atoms with Crippen LogP contribution < -0.4 is 4.90 Å². The number of carbonyl (C=O) groups excluding carboxylic acids is 1. The fourth-order valence-corrected chi connectivity index (χ4v) is 5.56. The van der Waals surface area contributed by atoms with Gasteiger partial charge in [-0.25, -0.2) is 0 Å². The van der Waals surface area contributed by atoms with Gasteiger partial charge >= 0.3 is 0 Å². The molecule has 2 aliphatic heterocycles. The zero-order valence-corrected chi connectivity index (χ0v) is 18.9. The van der Waals surface area contributed by atoms with Crippen LogP contribution in [0.15, 0.2) is 85.1 Å². The van der Waals surface area contributed by atoms with Crippen LogP contribution >= 0.6 is 0 Å². The fraction of sp³-hybridized carbons (Fsp3) is 0.241. The predicted octanol–water partition coefficient (Wildman–Crippen LogP) is 5.76. The molecule has 0 N–H and O–H groups in total. The number of aryl methyl sites for hydroxylation is 1. The van der Waals surface area contributed by atoms with Crippen molar-refractivity contribution in [2.75, 3.05) is 18.0 Å². The van der Waals surface area contributed by atoms with E-state index in [0.717, 1.165) is 54.9 Å². The normalized spacial score (nSPS) is 17.6. The third-order valence-electron chi connectivity index (χ3n) is 7.47. The molecule has 1 aromatic heterocycles. The van der Waals surface area contributed by atoms with E-state index < -0.39 is 5.41 Å². The zero-order valence-electron chi connectivity index (χ0n) is 18.9. The molecule has 3 aromatic carbocycles. The van der Waals surface area contributed by atoms with Gasteiger partial charge in [-0.1, -0.05) is 54.6 Å². The first-order valence-electron chi connectivity index (χ1n) is 11.7. The Morgan fingerprint density at radius 3 is 2.45 bits per heavy atom. The summed E-state index contributed by atoms with van der Waals surface area (Å²) in [6.45, 7) is 4.74. The molecule has 4 heteroatoms. The van der Waals surface area contributed by atoms with Crippen molar-refractivity contribution in [1.82, 2.24) is 9.88 Å². The van der Waals surface area contributed by atoms with E-state index in [4.69, 9.17) is 0 Å². The lowest BCUT2D eigenvalue weighted by molar-refractivity contribution is -0.124. The van der Waals surface area contributed by atoms with Gasteiger partial charge in [-0.15, -0.1) is 0 Å². The van der Waals surface area contributed by atoms with E-state index in [2.05, 4.69) is 71.4 Å². The Kier molecular flexibility index (Phi) is 4.77. The molecule has 3 heterocycles. The van der Waals surface area contributed by atoms with Crippen LogP contribution in [0.25, 0.3) is 10.8 Å². The summed E-state index contributed by atoms with van der Waals surface area (Å²) < 4.78 is 0. The molecule has 0 atom stereocenters. The van der Waals surface area contributed by atoms with Crippen molar-refractivity contribution in [3.05, 3.63) is 102 Å². The average Bonchev–Trinajstić information content (AvgIpc) is 3.09. The molecule has 33 heavy (non-hydrogen) atoms. The molecule has 0 bridgehead atoms. The molecule has 1 fully saturated rings. The number of likely N-dealkylation sites (tertiary alicyclic amines) is 1. The molecule has 1 amide bonds. The molecular weight excluding hydrogens is 406 g/mol. The molecule has 1 spiro atoms. The number of hydrogen-bond donors (Lipinski definition) is 0. The minimum atomic E-state index is -0.447. The van der Waals surface area contributed by atoms with Gasteiger partial charge < -0.3 is 0 Å². The van der Waals surface area contributed by atoms with Gasteiger partial charge in [-0.05, 0) is 79.0 Å². The number of pyridine rings is 1. The molecule has 164 valence electrons. The molecule has 6 rings (SSSR count). The Labute approximate surface area is 194 Å². The molecular formula is C29H27N3O. The number of fused-ring (bicyclic) bond motifs is 3. The monoisotopic (exact) mass is 433 g/mol. The number of para-hydroxylation sites is 1. The van der Waals surface area contributed by atoms with Crippen molar-refractivity contribution in [2.45, 2.75) is 31.7 Å². The Bertz CT molecular complexity index is 1350. The summed E-state index contributed by atoms with van der Waals surface area (Å²) in [7, 11) is 0. The maximum Gasteiger partial charge on any atom is 0.242 e. The van der Waals surface area contributed by atoms with Gasteiger partial charge in [0.1, 0.15) is 0 Å². The second-order valence-corrected chi connectivity index (χ2v) is 9.31. The molecule has 1 saturated heterocycles. The quantitative estimate of drug-likeness (QED) is 0.412. The molecule has 0 saturated carbocycles. The first kappa shape index (κ1) is 20.1. The van der Waals surface area contributed by atoms with Gasteiger partial charge in [0.05, 0.1) is 16.8 Å². The van der Waals surface area contributed by atoms with Crippen LogP contribution in [0, 0.1) is 6.92 Å². The highest BCUT2D eigenvalue weighted by Gasteiger charge is 2.52. The van der Waals surface area contributed by atoms with E-state index in [1.807, 2.05) is 35.4 Å². The van der Waals surface area contributed by atoms with Gasteiger partial charge in [0.25, 0.3) is 0 Å². The summed E-state index contributed by atoms with van der Waals surface area (Å²) in [4.78, 5) is 23.1. The minimum absolute atomic E-state index is 0.215. The number of piperidine rings is 1. The summed E-state index contributed by atoms with van der Waals surface area (Å²) in [5, 5.41) is 2.34. The lowest BCUT2D eigenvalue weighted by Crippen LogP contribution is -2.47. The second kappa shape index (κ2) is 7.82. The van der Waals surface area contributed by atoms with Gasteiger partial charge in [-0.3, -0.25) is 19.6 Å². The van der Waals surface area contributed by atoms with Crippen LogP contribution in [0.2, 0.25) is 0 Å². The Morgan fingerprint density at radius 2 is 1.64 bits per heavy atom. The summed E-state index contributed by atoms with van der Waals surface area (Å²) in [5.41, 5.74) is 5.07. The number of hydrogen-bond acceptors (Lipinski definition) is 3. The summed E-state index contributed by atoms with van der Waals surface area (Å²) in [6.07, 6.45) is 3.53. The summed E-state index contributed by atoms with van der Waals surface area (Å²) in [6, 6.07) is 27.1. The van der Waals surface area contributed by atoms with Gasteiger partial charge in [0.2, 0.25) is 5.91 Å². The maximum absolute atomic E-state index is 14.1.